The van der Waals surface area contributed by atoms with E-state index >= 15 is 0 Å². The van der Waals surface area contributed by atoms with Gasteiger partial charge in [-0.1, -0.05) is 0 Å². The number of ether oxygens (including phenoxy) is 1. The molecule has 1 aromatic rings. The third-order valence-electron chi connectivity index (χ3n) is 2.26. The van der Waals surface area contributed by atoms with Crippen LogP contribution in [0.1, 0.15) is 33.6 Å². The van der Waals surface area contributed by atoms with Gasteiger partial charge < -0.3 is 21.1 Å². The molecule has 1 heterocycles. The number of nitrogens with one attached hydrogen (secondary N) is 2. The van der Waals surface area contributed by atoms with Crippen molar-refractivity contribution in [1.82, 2.24) is 15.5 Å². The number of amides is 1. The van der Waals surface area contributed by atoms with E-state index in [0.29, 0.717) is 18.2 Å². The van der Waals surface area contributed by atoms with Crippen molar-refractivity contribution in [2.24, 2.45) is 0 Å². The van der Waals surface area contributed by atoms with E-state index in [1.165, 1.54) is 0 Å². The number of hydrogen-bond acceptors (Lipinski definition) is 6. The van der Waals surface area contributed by atoms with E-state index < -0.39 is 5.60 Å². The van der Waals surface area contributed by atoms with E-state index in [1.54, 1.807) is 12.1 Å². The number of anilines is 2. The molecule has 0 atom stereocenters. The minimum atomic E-state index is -0.459. The molecule has 0 aliphatic rings. The lowest BCUT2D eigenvalue weighted by atomic mass is 10.2. The summed E-state index contributed by atoms with van der Waals surface area (Å²) in [5.74, 6) is 1.09. The Morgan fingerprint density at radius 2 is 1.95 bits per heavy atom. The highest BCUT2D eigenvalue weighted by Gasteiger charge is 2.15. The van der Waals surface area contributed by atoms with Crippen LogP contribution in [0.5, 0.6) is 0 Å². The van der Waals surface area contributed by atoms with Crippen LogP contribution in [0, 0.1) is 0 Å². The van der Waals surface area contributed by atoms with Crippen molar-refractivity contribution < 1.29 is 9.53 Å². The Balaban J connectivity index is 2.05. The zero-order chi connectivity index (χ0) is 15.0. The second-order valence-corrected chi connectivity index (χ2v) is 5.41. The Bertz CT molecular complexity index is 414. The molecule has 7 nitrogen and oxygen atoms in total. The summed E-state index contributed by atoms with van der Waals surface area (Å²) in [4.78, 5) is 11.4. The lowest BCUT2D eigenvalue weighted by molar-refractivity contribution is 0.0527. The molecule has 0 spiro atoms. The fourth-order valence-electron chi connectivity index (χ4n) is 1.41. The van der Waals surface area contributed by atoms with Gasteiger partial charge in [0.1, 0.15) is 17.2 Å². The van der Waals surface area contributed by atoms with Crippen molar-refractivity contribution in [3.63, 3.8) is 0 Å². The van der Waals surface area contributed by atoms with Crippen LogP contribution in [0.4, 0.5) is 16.4 Å². The summed E-state index contributed by atoms with van der Waals surface area (Å²) in [6, 6.07) is 3.47. The van der Waals surface area contributed by atoms with E-state index in [4.69, 9.17) is 10.5 Å². The van der Waals surface area contributed by atoms with Gasteiger partial charge in [-0.3, -0.25) is 0 Å². The van der Waals surface area contributed by atoms with Gasteiger partial charge in [0.25, 0.3) is 0 Å². The Hall–Kier alpha value is -2.05. The summed E-state index contributed by atoms with van der Waals surface area (Å²) in [5.41, 5.74) is 4.98. The number of nitrogen functional groups attached to an aromatic ring is 1. The average Bonchev–Trinajstić information content (AvgIpc) is 2.33. The maximum absolute atomic E-state index is 11.4. The van der Waals surface area contributed by atoms with E-state index in [2.05, 4.69) is 20.8 Å². The van der Waals surface area contributed by atoms with Gasteiger partial charge in [-0.25, -0.2) is 4.79 Å². The molecule has 0 saturated carbocycles. The smallest absolute Gasteiger partial charge is 0.407 e. The fraction of sp³-hybridized carbons (Fsp3) is 0.615. The summed E-state index contributed by atoms with van der Waals surface area (Å²) < 4.78 is 5.13. The number of nitrogens with zero attached hydrogens (tertiary/aromatic N) is 2. The molecule has 7 heteroatoms. The first-order valence-electron chi connectivity index (χ1n) is 6.67. The van der Waals surface area contributed by atoms with Crippen LogP contribution < -0.4 is 16.4 Å². The predicted octanol–water partition coefficient (Wildman–Crippen LogP) is 1.78. The monoisotopic (exact) mass is 281 g/mol. The molecule has 112 valence electrons. The van der Waals surface area contributed by atoms with Crippen LogP contribution in [0.15, 0.2) is 12.1 Å². The standard InChI is InChI=1S/C13H23N5O2/c1-13(2,3)20-12(19)16-9-5-4-8-15-11-7-6-10(14)17-18-11/h6-7H,4-5,8-9H2,1-3H3,(H2,14,17)(H,15,18)(H,16,19). The fourth-order valence-corrected chi connectivity index (χ4v) is 1.41. The first kappa shape index (κ1) is 16.0. The van der Waals surface area contributed by atoms with Crippen molar-refractivity contribution in [2.75, 3.05) is 24.1 Å². The maximum atomic E-state index is 11.4. The summed E-state index contributed by atoms with van der Waals surface area (Å²) in [7, 11) is 0. The molecule has 0 aliphatic carbocycles. The molecule has 0 radical (unpaired) electrons. The number of hydrogen-bond donors (Lipinski definition) is 3. The van der Waals surface area contributed by atoms with Crippen molar-refractivity contribution in [3.8, 4) is 0 Å². The third kappa shape index (κ3) is 7.40. The van der Waals surface area contributed by atoms with E-state index in [-0.39, 0.29) is 6.09 Å². The number of rotatable bonds is 6. The normalized spacial score (nSPS) is 10.9. The highest BCUT2D eigenvalue weighted by atomic mass is 16.6. The van der Waals surface area contributed by atoms with Crippen LogP contribution in [0.3, 0.4) is 0 Å². The molecule has 1 aromatic heterocycles. The van der Waals surface area contributed by atoms with Gasteiger partial charge in [-0.05, 0) is 45.7 Å². The molecule has 1 amide bonds. The molecular weight excluding hydrogens is 258 g/mol. The number of aromatic nitrogens is 2. The van der Waals surface area contributed by atoms with E-state index in [0.717, 1.165) is 19.4 Å². The molecule has 0 bridgehead atoms. The molecule has 1 rings (SSSR count). The van der Waals surface area contributed by atoms with Gasteiger partial charge in [0.2, 0.25) is 0 Å². The number of unbranched alkanes of at least 4 members (excludes halogenated alkanes) is 1. The highest BCUT2D eigenvalue weighted by molar-refractivity contribution is 5.67. The molecular formula is C13H23N5O2. The zero-order valence-electron chi connectivity index (χ0n) is 12.3. The van der Waals surface area contributed by atoms with Crippen molar-refractivity contribution in [2.45, 2.75) is 39.2 Å². The van der Waals surface area contributed by atoms with Crippen LogP contribution in [-0.2, 0) is 4.74 Å². The van der Waals surface area contributed by atoms with Crippen LogP contribution in [0.25, 0.3) is 0 Å². The molecule has 0 aliphatic heterocycles. The molecule has 0 aromatic carbocycles. The summed E-state index contributed by atoms with van der Waals surface area (Å²) >= 11 is 0. The van der Waals surface area contributed by atoms with Gasteiger partial charge in [0, 0.05) is 13.1 Å². The van der Waals surface area contributed by atoms with Crippen LogP contribution >= 0.6 is 0 Å². The first-order chi connectivity index (χ1) is 9.37. The lowest BCUT2D eigenvalue weighted by Crippen LogP contribution is -2.33. The number of nitrogens with two attached hydrogens (primary N) is 1. The molecule has 20 heavy (non-hydrogen) atoms. The average molecular weight is 281 g/mol. The minimum Gasteiger partial charge on any atom is -0.444 e. The Labute approximate surface area is 119 Å². The summed E-state index contributed by atoms with van der Waals surface area (Å²) in [6.45, 7) is 6.86. The van der Waals surface area contributed by atoms with Gasteiger partial charge in [0.05, 0.1) is 0 Å². The Morgan fingerprint density at radius 1 is 1.25 bits per heavy atom. The largest absolute Gasteiger partial charge is 0.444 e. The second-order valence-electron chi connectivity index (χ2n) is 5.41. The lowest BCUT2D eigenvalue weighted by Gasteiger charge is -2.19. The molecule has 0 unspecified atom stereocenters. The maximum Gasteiger partial charge on any atom is 0.407 e. The topological polar surface area (TPSA) is 102 Å². The van der Waals surface area contributed by atoms with Crippen molar-refractivity contribution in [1.29, 1.82) is 0 Å². The SMILES string of the molecule is CC(C)(C)OC(=O)NCCCCNc1ccc(N)nn1. The van der Waals surface area contributed by atoms with Crippen LogP contribution in [0.2, 0.25) is 0 Å². The minimum absolute atomic E-state index is 0.380. The zero-order valence-corrected chi connectivity index (χ0v) is 12.3. The van der Waals surface area contributed by atoms with E-state index in [1.807, 2.05) is 20.8 Å². The molecule has 4 N–H and O–H groups in total. The molecule has 0 saturated heterocycles. The predicted molar refractivity (Wildman–Crippen MR) is 78.4 cm³/mol. The first-order valence-corrected chi connectivity index (χ1v) is 6.67. The summed E-state index contributed by atoms with van der Waals surface area (Å²) in [5, 5.41) is 13.5. The van der Waals surface area contributed by atoms with Gasteiger partial charge >= 0.3 is 6.09 Å². The number of carbonyl (C=O) groups excluding carboxylic acids is 1. The second kappa shape index (κ2) is 7.52. The van der Waals surface area contributed by atoms with Gasteiger partial charge in [0.15, 0.2) is 0 Å². The Kier molecular flexibility index (Phi) is 6.02. The third-order valence-corrected chi connectivity index (χ3v) is 2.26. The van der Waals surface area contributed by atoms with Gasteiger partial charge in [-0.2, -0.15) is 0 Å². The summed E-state index contributed by atoms with van der Waals surface area (Å²) in [6.07, 6.45) is 1.38. The Morgan fingerprint density at radius 3 is 2.55 bits per heavy atom. The quantitative estimate of drug-likeness (QED) is 0.687. The van der Waals surface area contributed by atoms with E-state index in [9.17, 15) is 4.79 Å². The number of alkyl carbamates (subject to hydrolysis) is 1. The van der Waals surface area contributed by atoms with Crippen molar-refractivity contribution >= 4 is 17.7 Å². The molecule has 0 fully saturated rings. The number of carbonyl (C=O) groups is 1. The van der Waals surface area contributed by atoms with Crippen LogP contribution in [-0.4, -0.2) is 35.0 Å². The van der Waals surface area contributed by atoms with Gasteiger partial charge in [-0.15, -0.1) is 10.2 Å². The highest BCUT2D eigenvalue weighted by Crippen LogP contribution is 2.06. The van der Waals surface area contributed by atoms with Crippen molar-refractivity contribution in [3.05, 3.63) is 12.1 Å².